The van der Waals surface area contributed by atoms with Crippen LogP contribution in [0.25, 0.3) is 0 Å². The van der Waals surface area contributed by atoms with Crippen molar-refractivity contribution in [1.29, 1.82) is 0 Å². The van der Waals surface area contributed by atoms with E-state index in [0.29, 0.717) is 24.5 Å². The van der Waals surface area contributed by atoms with Crippen LogP contribution in [0.5, 0.6) is 0 Å². The fourth-order valence-electron chi connectivity index (χ4n) is 2.16. The van der Waals surface area contributed by atoms with Gasteiger partial charge in [-0.15, -0.1) is 0 Å². The Labute approximate surface area is 95.7 Å². The number of hydrogen-bond acceptors (Lipinski definition) is 1. The van der Waals surface area contributed by atoms with E-state index in [0.717, 1.165) is 11.1 Å². The Morgan fingerprint density at radius 3 is 2.75 bits per heavy atom. The number of aryl methyl sites for hydroxylation is 1. The van der Waals surface area contributed by atoms with Gasteiger partial charge in [-0.05, 0) is 36.1 Å². The highest BCUT2D eigenvalue weighted by atomic mass is 19.1. The van der Waals surface area contributed by atoms with Crippen molar-refractivity contribution in [1.82, 2.24) is 0 Å². The first-order chi connectivity index (χ1) is 7.65. The smallest absolute Gasteiger partial charge is 0.137 e. The van der Waals surface area contributed by atoms with Gasteiger partial charge in [-0.2, -0.15) is 0 Å². The van der Waals surface area contributed by atoms with Crippen molar-refractivity contribution in [3.8, 4) is 0 Å². The molecule has 0 unspecified atom stereocenters. The number of hydrogen-bond donors (Lipinski definition) is 0. The second kappa shape index (κ2) is 4.77. The van der Waals surface area contributed by atoms with Crippen LogP contribution in [0, 0.1) is 18.7 Å². The number of rotatable bonds is 4. The second-order valence-corrected chi connectivity index (χ2v) is 4.79. The first-order valence-corrected chi connectivity index (χ1v) is 5.92. The lowest BCUT2D eigenvalue weighted by Crippen LogP contribution is -2.17. The largest absolute Gasteiger partial charge is 0.299 e. The molecule has 0 saturated heterocycles. The van der Waals surface area contributed by atoms with E-state index in [2.05, 4.69) is 0 Å². The third kappa shape index (κ3) is 2.69. The Balaban J connectivity index is 1.94. The highest BCUT2D eigenvalue weighted by Gasteiger charge is 2.20. The van der Waals surface area contributed by atoms with E-state index in [1.807, 2.05) is 6.92 Å². The molecule has 0 aromatic heterocycles. The summed E-state index contributed by atoms with van der Waals surface area (Å²) < 4.78 is 12.9. The minimum Gasteiger partial charge on any atom is -0.299 e. The average Bonchev–Trinajstić information content (AvgIpc) is 2.16. The van der Waals surface area contributed by atoms with Gasteiger partial charge in [0.05, 0.1) is 0 Å². The maximum atomic E-state index is 12.9. The number of ketones is 1. The van der Waals surface area contributed by atoms with Gasteiger partial charge in [0.2, 0.25) is 0 Å². The maximum absolute atomic E-state index is 12.9. The third-order valence-electron chi connectivity index (χ3n) is 3.43. The van der Waals surface area contributed by atoms with E-state index in [4.69, 9.17) is 0 Å². The van der Waals surface area contributed by atoms with Crippen molar-refractivity contribution in [3.63, 3.8) is 0 Å². The van der Waals surface area contributed by atoms with Crippen molar-refractivity contribution >= 4 is 5.78 Å². The molecule has 0 bridgehead atoms. The normalized spacial score (nSPS) is 15.9. The molecule has 1 aliphatic carbocycles. The predicted octanol–water partition coefficient (Wildman–Crippen LogP) is 3.44. The number of benzene rings is 1. The second-order valence-electron chi connectivity index (χ2n) is 4.79. The van der Waals surface area contributed by atoms with E-state index >= 15 is 0 Å². The van der Waals surface area contributed by atoms with Crippen molar-refractivity contribution < 1.29 is 9.18 Å². The zero-order valence-corrected chi connectivity index (χ0v) is 9.63. The standard InChI is InChI=1S/C14H17FO/c1-10-7-13(15)6-5-12(10)9-14(16)8-11-3-2-4-11/h5-7,11H,2-4,8-9H2,1H3. The van der Waals surface area contributed by atoms with Crippen LogP contribution in [0.1, 0.15) is 36.8 Å². The summed E-state index contributed by atoms with van der Waals surface area (Å²) in [5.74, 6) is 0.681. The summed E-state index contributed by atoms with van der Waals surface area (Å²) in [4.78, 5) is 11.8. The van der Waals surface area contributed by atoms with E-state index in [-0.39, 0.29) is 5.82 Å². The van der Waals surface area contributed by atoms with E-state index < -0.39 is 0 Å². The third-order valence-corrected chi connectivity index (χ3v) is 3.43. The molecule has 1 aromatic rings. The molecular weight excluding hydrogens is 203 g/mol. The van der Waals surface area contributed by atoms with Crippen LogP contribution in [0.3, 0.4) is 0 Å². The number of Topliss-reactive ketones (excluding diaryl/α,β-unsaturated/α-hetero) is 1. The molecule has 0 aliphatic heterocycles. The van der Waals surface area contributed by atoms with Gasteiger partial charge in [-0.3, -0.25) is 4.79 Å². The van der Waals surface area contributed by atoms with Crippen molar-refractivity contribution in [2.45, 2.75) is 39.0 Å². The van der Waals surface area contributed by atoms with Gasteiger partial charge in [-0.1, -0.05) is 25.3 Å². The van der Waals surface area contributed by atoms with Crippen LogP contribution >= 0.6 is 0 Å². The summed E-state index contributed by atoms with van der Waals surface area (Å²) in [6, 6.07) is 4.65. The van der Waals surface area contributed by atoms with E-state index in [1.165, 1.54) is 31.4 Å². The molecule has 0 atom stereocenters. The zero-order valence-electron chi connectivity index (χ0n) is 9.63. The van der Waals surface area contributed by atoms with Gasteiger partial charge in [0.1, 0.15) is 11.6 Å². The van der Waals surface area contributed by atoms with Gasteiger partial charge in [-0.25, -0.2) is 4.39 Å². The summed E-state index contributed by atoms with van der Waals surface area (Å²) in [5, 5.41) is 0. The first kappa shape index (κ1) is 11.3. The highest BCUT2D eigenvalue weighted by molar-refractivity contribution is 5.81. The predicted molar refractivity (Wildman–Crippen MR) is 61.8 cm³/mol. The number of halogens is 1. The molecule has 0 amide bonds. The molecule has 1 saturated carbocycles. The zero-order chi connectivity index (χ0) is 11.5. The Bertz CT molecular complexity index is 394. The van der Waals surface area contributed by atoms with Gasteiger partial charge >= 0.3 is 0 Å². The molecule has 0 heterocycles. The molecular formula is C14H17FO. The average molecular weight is 220 g/mol. The molecule has 0 spiro atoms. The van der Waals surface area contributed by atoms with E-state index in [9.17, 15) is 9.18 Å². The lowest BCUT2D eigenvalue weighted by molar-refractivity contribution is -0.119. The van der Waals surface area contributed by atoms with Crippen LogP contribution < -0.4 is 0 Å². The molecule has 1 nitrogen and oxygen atoms in total. The highest BCUT2D eigenvalue weighted by Crippen LogP contribution is 2.30. The Hall–Kier alpha value is -1.18. The molecule has 0 radical (unpaired) electrons. The van der Waals surface area contributed by atoms with Crippen molar-refractivity contribution in [2.75, 3.05) is 0 Å². The molecule has 1 fully saturated rings. The van der Waals surface area contributed by atoms with Gasteiger partial charge < -0.3 is 0 Å². The van der Waals surface area contributed by atoms with Crippen LogP contribution in [0.2, 0.25) is 0 Å². The Morgan fingerprint density at radius 2 is 2.19 bits per heavy atom. The number of carbonyl (C=O) groups is 1. The summed E-state index contributed by atoms with van der Waals surface area (Å²) >= 11 is 0. The molecule has 0 N–H and O–H groups in total. The molecule has 2 rings (SSSR count). The summed E-state index contributed by atoms with van der Waals surface area (Å²) in [7, 11) is 0. The van der Waals surface area contributed by atoms with Crippen LogP contribution in [0.4, 0.5) is 4.39 Å². The van der Waals surface area contributed by atoms with Gasteiger partial charge in [0, 0.05) is 12.8 Å². The van der Waals surface area contributed by atoms with Crippen molar-refractivity contribution in [2.24, 2.45) is 5.92 Å². The minimum absolute atomic E-state index is 0.229. The van der Waals surface area contributed by atoms with Crippen LogP contribution in [-0.2, 0) is 11.2 Å². The first-order valence-electron chi connectivity index (χ1n) is 5.92. The SMILES string of the molecule is Cc1cc(F)ccc1CC(=O)CC1CCC1. The molecule has 16 heavy (non-hydrogen) atoms. The van der Waals surface area contributed by atoms with Crippen molar-refractivity contribution in [3.05, 3.63) is 35.1 Å². The van der Waals surface area contributed by atoms with Gasteiger partial charge in [0.25, 0.3) is 0 Å². The van der Waals surface area contributed by atoms with Crippen LogP contribution in [-0.4, -0.2) is 5.78 Å². The van der Waals surface area contributed by atoms with Gasteiger partial charge in [0.15, 0.2) is 0 Å². The van der Waals surface area contributed by atoms with Crippen LogP contribution in [0.15, 0.2) is 18.2 Å². The summed E-state index contributed by atoms with van der Waals surface area (Å²) in [6.45, 7) is 1.86. The Kier molecular flexibility index (Phi) is 3.37. The molecule has 2 heteroatoms. The minimum atomic E-state index is -0.229. The molecule has 1 aliphatic rings. The molecule has 86 valence electrons. The van der Waals surface area contributed by atoms with E-state index in [1.54, 1.807) is 6.07 Å². The lowest BCUT2D eigenvalue weighted by atomic mass is 9.81. The molecule has 1 aromatic carbocycles. The quantitative estimate of drug-likeness (QED) is 0.759. The fourth-order valence-corrected chi connectivity index (χ4v) is 2.16. The fraction of sp³-hybridized carbons (Fsp3) is 0.500. The Morgan fingerprint density at radius 1 is 1.44 bits per heavy atom. The topological polar surface area (TPSA) is 17.1 Å². The lowest BCUT2D eigenvalue weighted by Gasteiger charge is -2.24. The monoisotopic (exact) mass is 220 g/mol. The maximum Gasteiger partial charge on any atom is 0.137 e. The summed E-state index contributed by atoms with van der Waals surface area (Å²) in [6.07, 6.45) is 4.84. The summed E-state index contributed by atoms with van der Waals surface area (Å²) in [5.41, 5.74) is 1.84. The number of carbonyl (C=O) groups excluding carboxylic acids is 1.